The van der Waals surface area contributed by atoms with Crippen molar-refractivity contribution >= 4 is 11.3 Å². The number of hydrogen-bond donors (Lipinski definition) is 1. The smallest absolute Gasteiger partial charge is 0.0948 e. The van der Waals surface area contributed by atoms with Gasteiger partial charge in [0.25, 0.3) is 0 Å². The molecule has 2 unspecified atom stereocenters. The number of aromatic nitrogens is 1. The van der Waals surface area contributed by atoms with E-state index in [0.29, 0.717) is 6.04 Å². The van der Waals surface area contributed by atoms with Gasteiger partial charge in [0.05, 0.1) is 10.7 Å². The molecule has 3 heteroatoms. The molecule has 2 nitrogen and oxygen atoms in total. The molecule has 0 radical (unpaired) electrons. The molecule has 19 heavy (non-hydrogen) atoms. The number of nitrogens with zero attached hydrogens (tertiary/aromatic N) is 1. The van der Waals surface area contributed by atoms with Gasteiger partial charge in [0.15, 0.2) is 0 Å². The van der Waals surface area contributed by atoms with Gasteiger partial charge in [0, 0.05) is 23.4 Å². The predicted molar refractivity (Wildman–Crippen MR) is 81.4 cm³/mol. The van der Waals surface area contributed by atoms with Crippen LogP contribution in [0.25, 0.3) is 11.3 Å². The van der Waals surface area contributed by atoms with Crippen molar-refractivity contribution < 1.29 is 0 Å². The Morgan fingerprint density at radius 1 is 1.32 bits per heavy atom. The normalized spacial score (nSPS) is 23.4. The monoisotopic (exact) mass is 272 g/mol. The van der Waals surface area contributed by atoms with Crippen molar-refractivity contribution in [2.24, 2.45) is 5.92 Å². The van der Waals surface area contributed by atoms with Gasteiger partial charge in [-0.25, -0.2) is 4.98 Å². The Kier molecular flexibility index (Phi) is 3.95. The Labute approximate surface area is 118 Å². The molecule has 0 amide bonds. The Hall–Kier alpha value is -1.19. The van der Waals surface area contributed by atoms with Crippen LogP contribution in [0.4, 0.5) is 0 Å². The second-order valence-corrected chi connectivity index (χ2v) is 6.42. The number of thiazole rings is 1. The highest BCUT2D eigenvalue weighted by atomic mass is 32.1. The fourth-order valence-corrected chi connectivity index (χ4v) is 3.62. The van der Waals surface area contributed by atoms with Crippen LogP contribution >= 0.6 is 11.3 Å². The Morgan fingerprint density at radius 2 is 2.16 bits per heavy atom. The molecule has 1 saturated heterocycles. The molecule has 2 heterocycles. The molecule has 1 fully saturated rings. The molecule has 0 saturated carbocycles. The first-order valence-electron chi connectivity index (χ1n) is 7.04. The Morgan fingerprint density at radius 3 is 2.95 bits per heavy atom. The van der Waals surface area contributed by atoms with Crippen LogP contribution in [0.2, 0.25) is 0 Å². The van der Waals surface area contributed by atoms with Gasteiger partial charge in [0.2, 0.25) is 0 Å². The van der Waals surface area contributed by atoms with E-state index in [1.807, 2.05) is 6.07 Å². The van der Waals surface area contributed by atoms with Crippen LogP contribution in [0.15, 0.2) is 35.7 Å². The number of hydrogen-bond acceptors (Lipinski definition) is 3. The molecular formula is C16H20N2S. The molecule has 1 N–H and O–H groups in total. The minimum atomic E-state index is 0.610. The SMILES string of the molecule is CC1CCNC(Cc2nc(-c3ccccc3)cs2)C1. The quantitative estimate of drug-likeness (QED) is 0.920. The topological polar surface area (TPSA) is 24.9 Å². The largest absolute Gasteiger partial charge is 0.314 e. The second-order valence-electron chi connectivity index (χ2n) is 5.48. The fourth-order valence-electron chi connectivity index (χ4n) is 2.73. The molecule has 1 aromatic heterocycles. The lowest BCUT2D eigenvalue weighted by Crippen LogP contribution is -2.38. The van der Waals surface area contributed by atoms with Crippen molar-refractivity contribution in [3.63, 3.8) is 0 Å². The molecule has 3 rings (SSSR count). The highest BCUT2D eigenvalue weighted by molar-refractivity contribution is 7.09. The molecule has 1 aliphatic rings. The summed E-state index contributed by atoms with van der Waals surface area (Å²) < 4.78 is 0. The van der Waals surface area contributed by atoms with Gasteiger partial charge >= 0.3 is 0 Å². The van der Waals surface area contributed by atoms with Crippen LogP contribution < -0.4 is 5.32 Å². The van der Waals surface area contributed by atoms with Crippen molar-refractivity contribution in [2.75, 3.05) is 6.54 Å². The average Bonchev–Trinajstić information content (AvgIpc) is 2.88. The summed E-state index contributed by atoms with van der Waals surface area (Å²) in [7, 11) is 0. The third-order valence-corrected chi connectivity index (χ3v) is 4.67. The summed E-state index contributed by atoms with van der Waals surface area (Å²) in [5.74, 6) is 0.847. The Balaban J connectivity index is 1.68. The zero-order valence-electron chi connectivity index (χ0n) is 11.3. The van der Waals surface area contributed by atoms with E-state index in [1.54, 1.807) is 11.3 Å². The maximum Gasteiger partial charge on any atom is 0.0948 e. The van der Waals surface area contributed by atoms with E-state index in [1.165, 1.54) is 23.4 Å². The average molecular weight is 272 g/mol. The zero-order chi connectivity index (χ0) is 13.1. The molecule has 2 aromatic rings. The van der Waals surface area contributed by atoms with E-state index >= 15 is 0 Å². The summed E-state index contributed by atoms with van der Waals surface area (Å²) in [6.45, 7) is 3.51. The number of piperidine rings is 1. The van der Waals surface area contributed by atoms with E-state index in [0.717, 1.165) is 24.6 Å². The van der Waals surface area contributed by atoms with Gasteiger partial charge in [-0.3, -0.25) is 0 Å². The maximum atomic E-state index is 4.78. The second kappa shape index (κ2) is 5.85. The fraction of sp³-hybridized carbons (Fsp3) is 0.438. The van der Waals surface area contributed by atoms with Gasteiger partial charge in [-0.15, -0.1) is 11.3 Å². The summed E-state index contributed by atoms with van der Waals surface area (Å²) in [4.78, 5) is 4.78. The summed E-state index contributed by atoms with van der Waals surface area (Å²) >= 11 is 1.79. The van der Waals surface area contributed by atoms with Crippen LogP contribution in [-0.2, 0) is 6.42 Å². The van der Waals surface area contributed by atoms with E-state index in [2.05, 4.69) is 41.9 Å². The van der Waals surface area contributed by atoms with Crippen molar-refractivity contribution in [2.45, 2.75) is 32.2 Å². The third kappa shape index (κ3) is 3.23. The Bertz CT molecular complexity index is 521. The van der Waals surface area contributed by atoms with Gasteiger partial charge < -0.3 is 5.32 Å². The first-order valence-corrected chi connectivity index (χ1v) is 7.92. The first-order chi connectivity index (χ1) is 9.31. The first kappa shape index (κ1) is 12.8. The van der Waals surface area contributed by atoms with Crippen LogP contribution in [0.1, 0.15) is 24.8 Å². The molecule has 0 bridgehead atoms. The van der Waals surface area contributed by atoms with Crippen LogP contribution in [0.5, 0.6) is 0 Å². The number of nitrogens with one attached hydrogen (secondary N) is 1. The molecule has 0 spiro atoms. The van der Waals surface area contributed by atoms with Gasteiger partial charge in [-0.2, -0.15) is 0 Å². The minimum absolute atomic E-state index is 0.610. The van der Waals surface area contributed by atoms with Crippen molar-refractivity contribution in [3.05, 3.63) is 40.7 Å². The zero-order valence-corrected chi connectivity index (χ0v) is 12.1. The molecule has 100 valence electrons. The van der Waals surface area contributed by atoms with Gasteiger partial charge in [-0.1, -0.05) is 37.3 Å². The molecular weight excluding hydrogens is 252 g/mol. The summed E-state index contributed by atoms with van der Waals surface area (Å²) in [5.41, 5.74) is 2.33. The number of rotatable bonds is 3. The summed E-state index contributed by atoms with van der Waals surface area (Å²) in [6, 6.07) is 11.0. The van der Waals surface area contributed by atoms with E-state index < -0.39 is 0 Å². The van der Waals surface area contributed by atoms with Crippen LogP contribution in [0, 0.1) is 5.92 Å². The van der Waals surface area contributed by atoms with Crippen molar-refractivity contribution in [3.8, 4) is 11.3 Å². The molecule has 2 atom stereocenters. The lowest BCUT2D eigenvalue weighted by Gasteiger charge is -2.27. The maximum absolute atomic E-state index is 4.78. The lowest BCUT2D eigenvalue weighted by molar-refractivity contribution is 0.318. The van der Waals surface area contributed by atoms with Gasteiger partial charge in [0.1, 0.15) is 0 Å². The molecule has 1 aliphatic heterocycles. The van der Waals surface area contributed by atoms with E-state index in [4.69, 9.17) is 4.98 Å². The van der Waals surface area contributed by atoms with Crippen LogP contribution in [-0.4, -0.2) is 17.6 Å². The van der Waals surface area contributed by atoms with E-state index in [-0.39, 0.29) is 0 Å². The highest BCUT2D eigenvalue weighted by Crippen LogP contribution is 2.24. The predicted octanol–water partition coefficient (Wildman–Crippen LogP) is 3.74. The van der Waals surface area contributed by atoms with Crippen molar-refractivity contribution in [1.29, 1.82) is 0 Å². The standard InChI is InChI=1S/C16H20N2S/c1-12-7-8-17-14(9-12)10-16-18-15(11-19-16)13-5-3-2-4-6-13/h2-6,11-12,14,17H,7-10H2,1H3. The third-order valence-electron chi connectivity index (χ3n) is 3.80. The van der Waals surface area contributed by atoms with Crippen molar-refractivity contribution in [1.82, 2.24) is 10.3 Å². The van der Waals surface area contributed by atoms with Crippen LogP contribution in [0.3, 0.4) is 0 Å². The lowest BCUT2D eigenvalue weighted by atomic mass is 9.93. The number of benzene rings is 1. The minimum Gasteiger partial charge on any atom is -0.314 e. The van der Waals surface area contributed by atoms with E-state index in [9.17, 15) is 0 Å². The highest BCUT2D eigenvalue weighted by Gasteiger charge is 2.19. The summed E-state index contributed by atoms with van der Waals surface area (Å²) in [6.07, 6.45) is 3.66. The molecule has 0 aliphatic carbocycles. The van der Waals surface area contributed by atoms with Gasteiger partial charge in [-0.05, 0) is 25.3 Å². The molecule has 1 aromatic carbocycles. The summed E-state index contributed by atoms with van der Waals surface area (Å²) in [5, 5.41) is 7.05.